The van der Waals surface area contributed by atoms with Gasteiger partial charge in [0.25, 0.3) is 0 Å². The first-order chi connectivity index (χ1) is 6.13. The largest absolute Gasteiger partial charge is 0.192 e. The van der Waals surface area contributed by atoms with Crippen LogP contribution in [0.15, 0.2) is 18.2 Å². The smallest absolute Gasteiger partial charge is 0.0994 e. The highest BCUT2D eigenvalue weighted by Gasteiger charge is 2.00. The summed E-state index contributed by atoms with van der Waals surface area (Å²) in [7, 11) is 0. The molecule has 0 unspecified atom stereocenters. The van der Waals surface area contributed by atoms with E-state index in [1.165, 1.54) is 5.56 Å². The fourth-order valence-electron chi connectivity index (χ4n) is 1.45. The maximum absolute atomic E-state index is 8.74. The molecule has 1 nitrogen and oxygen atoms in total. The van der Waals surface area contributed by atoms with Gasteiger partial charge in [0.2, 0.25) is 0 Å². The number of benzene rings is 1. The summed E-state index contributed by atoms with van der Waals surface area (Å²) in [5.74, 6) is 0.673. The van der Waals surface area contributed by atoms with E-state index in [4.69, 9.17) is 5.26 Å². The molecule has 13 heavy (non-hydrogen) atoms. The highest BCUT2D eigenvalue weighted by molar-refractivity contribution is 5.39. The van der Waals surface area contributed by atoms with Crippen molar-refractivity contribution in [3.8, 4) is 6.07 Å². The van der Waals surface area contributed by atoms with E-state index in [2.05, 4.69) is 26.0 Å². The number of nitriles is 1. The van der Waals surface area contributed by atoms with Crippen molar-refractivity contribution in [2.24, 2.45) is 5.92 Å². The second-order valence-electron chi connectivity index (χ2n) is 3.86. The van der Waals surface area contributed by atoms with Crippen LogP contribution in [0.3, 0.4) is 0 Å². The van der Waals surface area contributed by atoms with Crippen LogP contribution in [0.1, 0.15) is 30.5 Å². The lowest BCUT2D eigenvalue weighted by Gasteiger charge is -2.06. The van der Waals surface area contributed by atoms with Crippen LogP contribution in [0, 0.1) is 24.2 Å². The van der Waals surface area contributed by atoms with Gasteiger partial charge >= 0.3 is 0 Å². The Kier molecular flexibility index (Phi) is 3.08. The quantitative estimate of drug-likeness (QED) is 0.674. The Labute approximate surface area is 80.0 Å². The second-order valence-corrected chi connectivity index (χ2v) is 3.86. The van der Waals surface area contributed by atoms with Crippen LogP contribution in [-0.2, 0) is 6.42 Å². The summed E-state index contributed by atoms with van der Waals surface area (Å²) in [6.07, 6.45) is 1.09. The van der Waals surface area contributed by atoms with E-state index < -0.39 is 0 Å². The molecule has 0 bridgehead atoms. The van der Waals surface area contributed by atoms with E-state index in [1.807, 2.05) is 19.1 Å². The highest BCUT2D eigenvalue weighted by atomic mass is 14.2. The standard InChI is InChI=1S/C12H15N/c1-9(2)6-11-4-5-12(8-13)10(3)7-11/h4-5,7,9H,6H2,1-3H3. The van der Waals surface area contributed by atoms with Gasteiger partial charge in [-0.3, -0.25) is 0 Å². The van der Waals surface area contributed by atoms with Gasteiger partial charge in [-0.25, -0.2) is 0 Å². The van der Waals surface area contributed by atoms with E-state index in [9.17, 15) is 0 Å². The molecule has 0 N–H and O–H groups in total. The number of nitrogens with zero attached hydrogens (tertiary/aromatic N) is 1. The monoisotopic (exact) mass is 173 g/mol. The van der Waals surface area contributed by atoms with Gasteiger partial charge < -0.3 is 0 Å². The molecule has 1 rings (SSSR count). The zero-order valence-corrected chi connectivity index (χ0v) is 8.46. The normalized spacial score (nSPS) is 10.1. The van der Waals surface area contributed by atoms with Crippen molar-refractivity contribution in [1.82, 2.24) is 0 Å². The average molecular weight is 173 g/mol. The maximum atomic E-state index is 8.74. The van der Waals surface area contributed by atoms with Crippen LogP contribution in [0.5, 0.6) is 0 Å². The van der Waals surface area contributed by atoms with Gasteiger partial charge in [-0.15, -0.1) is 0 Å². The van der Waals surface area contributed by atoms with E-state index in [0.717, 1.165) is 17.5 Å². The Morgan fingerprint density at radius 3 is 2.54 bits per heavy atom. The summed E-state index contributed by atoms with van der Waals surface area (Å²) >= 11 is 0. The molecule has 0 atom stereocenters. The van der Waals surface area contributed by atoms with Crippen molar-refractivity contribution in [1.29, 1.82) is 5.26 Å². The molecule has 0 fully saturated rings. The fraction of sp³-hybridized carbons (Fsp3) is 0.417. The summed E-state index contributed by atoms with van der Waals surface area (Å²) in [5, 5.41) is 8.74. The van der Waals surface area contributed by atoms with Gasteiger partial charge in [0.1, 0.15) is 0 Å². The lowest BCUT2D eigenvalue weighted by atomic mass is 9.99. The zero-order valence-electron chi connectivity index (χ0n) is 8.46. The minimum Gasteiger partial charge on any atom is -0.192 e. The van der Waals surface area contributed by atoms with E-state index in [0.29, 0.717) is 5.92 Å². The molecule has 0 heterocycles. The van der Waals surface area contributed by atoms with Gasteiger partial charge in [-0.05, 0) is 36.5 Å². The van der Waals surface area contributed by atoms with Crippen LogP contribution < -0.4 is 0 Å². The zero-order chi connectivity index (χ0) is 9.84. The molecular weight excluding hydrogens is 158 g/mol. The van der Waals surface area contributed by atoms with Gasteiger partial charge in [0.05, 0.1) is 11.6 Å². The lowest BCUT2D eigenvalue weighted by Crippen LogP contribution is -1.95. The SMILES string of the molecule is Cc1cc(CC(C)C)ccc1C#N. The first-order valence-electron chi connectivity index (χ1n) is 4.63. The number of rotatable bonds is 2. The van der Waals surface area contributed by atoms with Gasteiger partial charge in [0.15, 0.2) is 0 Å². The molecule has 68 valence electrons. The van der Waals surface area contributed by atoms with Crippen molar-refractivity contribution < 1.29 is 0 Å². The third kappa shape index (κ3) is 2.59. The third-order valence-corrected chi connectivity index (χ3v) is 2.06. The number of hydrogen-bond donors (Lipinski definition) is 0. The van der Waals surface area contributed by atoms with Crippen LogP contribution in [0.25, 0.3) is 0 Å². The van der Waals surface area contributed by atoms with Crippen LogP contribution in [0.2, 0.25) is 0 Å². The first kappa shape index (κ1) is 9.80. The Morgan fingerprint density at radius 2 is 2.08 bits per heavy atom. The van der Waals surface area contributed by atoms with Crippen LogP contribution in [0.4, 0.5) is 0 Å². The minimum absolute atomic E-state index is 0.673. The van der Waals surface area contributed by atoms with Crippen LogP contribution in [-0.4, -0.2) is 0 Å². The molecule has 1 aromatic rings. The minimum atomic E-state index is 0.673. The first-order valence-corrected chi connectivity index (χ1v) is 4.63. The molecule has 0 radical (unpaired) electrons. The van der Waals surface area contributed by atoms with E-state index >= 15 is 0 Å². The van der Waals surface area contributed by atoms with Crippen LogP contribution >= 0.6 is 0 Å². The maximum Gasteiger partial charge on any atom is 0.0994 e. The third-order valence-electron chi connectivity index (χ3n) is 2.06. The summed E-state index contributed by atoms with van der Waals surface area (Å²) in [6, 6.07) is 8.24. The van der Waals surface area contributed by atoms with E-state index in [1.54, 1.807) is 0 Å². The number of aryl methyl sites for hydroxylation is 1. The summed E-state index contributed by atoms with van der Waals surface area (Å²) < 4.78 is 0. The van der Waals surface area contributed by atoms with Gasteiger partial charge in [0, 0.05) is 0 Å². The summed E-state index contributed by atoms with van der Waals surface area (Å²) in [4.78, 5) is 0. The van der Waals surface area contributed by atoms with Crippen molar-refractivity contribution in [2.45, 2.75) is 27.2 Å². The molecule has 0 amide bonds. The summed E-state index contributed by atoms with van der Waals surface area (Å²) in [5.41, 5.74) is 3.19. The Hall–Kier alpha value is -1.29. The molecule has 1 aromatic carbocycles. The highest BCUT2D eigenvalue weighted by Crippen LogP contribution is 2.13. The molecule has 0 aromatic heterocycles. The van der Waals surface area contributed by atoms with Gasteiger partial charge in [-0.2, -0.15) is 5.26 Å². The Balaban J connectivity index is 2.91. The van der Waals surface area contributed by atoms with Crippen molar-refractivity contribution >= 4 is 0 Å². The van der Waals surface area contributed by atoms with E-state index in [-0.39, 0.29) is 0 Å². The molecule has 0 aliphatic carbocycles. The molecule has 0 saturated heterocycles. The molecular formula is C12H15N. The molecule has 0 saturated carbocycles. The second kappa shape index (κ2) is 4.09. The van der Waals surface area contributed by atoms with Gasteiger partial charge in [-0.1, -0.05) is 26.0 Å². The topological polar surface area (TPSA) is 23.8 Å². The van der Waals surface area contributed by atoms with Crippen molar-refractivity contribution in [3.05, 3.63) is 34.9 Å². The Morgan fingerprint density at radius 1 is 1.38 bits per heavy atom. The summed E-state index contributed by atoms with van der Waals surface area (Å²) in [6.45, 7) is 6.39. The Bertz CT molecular complexity index is 331. The van der Waals surface area contributed by atoms with Crippen molar-refractivity contribution in [2.75, 3.05) is 0 Å². The predicted octanol–water partition coefficient (Wildman–Crippen LogP) is 3.07. The fourth-order valence-corrected chi connectivity index (χ4v) is 1.45. The predicted molar refractivity (Wildman–Crippen MR) is 54.4 cm³/mol. The number of hydrogen-bond acceptors (Lipinski definition) is 1. The molecule has 0 spiro atoms. The van der Waals surface area contributed by atoms with Crippen molar-refractivity contribution in [3.63, 3.8) is 0 Å². The molecule has 0 aliphatic heterocycles. The molecule has 1 heteroatoms. The average Bonchev–Trinajstić information content (AvgIpc) is 2.03. The lowest BCUT2D eigenvalue weighted by molar-refractivity contribution is 0.647. The molecule has 0 aliphatic rings.